The van der Waals surface area contributed by atoms with E-state index in [-0.39, 0.29) is 0 Å². The van der Waals surface area contributed by atoms with Crippen molar-refractivity contribution in [1.82, 2.24) is 4.57 Å². The summed E-state index contributed by atoms with van der Waals surface area (Å²) in [6.07, 6.45) is 0.975. The maximum Gasteiger partial charge on any atom is 0.0547 e. The summed E-state index contributed by atoms with van der Waals surface area (Å²) in [6.45, 7) is 0. The molecular formula is C51H29NS2. The van der Waals surface area contributed by atoms with Crippen LogP contribution in [0.3, 0.4) is 0 Å². The first-order valence-electron chi connectivity index (χ1n) is 18.6. The van der Waals surface area contributed by atoms with Crippen molar-refractivity contribution in [2.24, 2.45) is 0 Å². The Balaban J connectivity index is 1.01. The Morgan fingerprint density at radius 3 is 1.74 bits per heavy atom. The molecule has 0 bridgehead atoms. The van der Waals surface area contributed by atoms with Crippen LogP contribution in [0, 0.1) is 0 Å². The van der Waals surface area contributed by atoms with Gasteiger partial charge in [0.25, 0.3) is 0 Å². The fourth-order valence-electron chi connectivity index (χ4n) is 9.50. The summed E-state index contributed by atoms with van der Waals surface area (Å²) in [7, 11) is 0. The van der Waals surface area contributed by atoms with Crippen molar-refractivity contribution in [3.63, 3.8) is 0 Å². The Bertz CT molecular complexity index is 3580. The molecule has 0 spiro atoms. The fourth-order valence-corrected chi connectivity index (χ4v) is 11.7. The Labute approximate surface area is 318 Å². The highest BCUT2D eigenvalue weighted by molar-refractivity contribution is 7.26. The normalized spacial score (nSPS) is 12.7. The van der Waals surface area contributed by atoms with Crippen LogP contribution in [0.25, 0.3) is 112 Å². The van der Waals surface area contributed by atoms with Gasteiger partial charge in [-0.05, 0) is 140 Å². The number of hydrogen-bond donors (Lipinski definition) is 0. The van der Waals surface area contributed by atoms with E-state index in [4.69, 9.17) is 0 Å². The molecule has 1 aliphatic rings. The summed E-state index contributed by atoms with van der Waals surface area (Å²) < 4.78 is 7.86. The summed E-state index contributed by atoms with van der Waals surface area (Å²) in [5.74, 6) is 0. The van der Waals surface area contributed by atoms with E-state index in [0.717, 1.165) is 6.42 Å². The molecule has 0 aliphatic heterocycles. The van der Waals surface area contributed by atoms with Crippen LogP contribution in [0.1, 0.15) is 11.1 Å². The molecule has 13 rings (SSSR count). The quantitative estimate of drug-likeness (QED) is 0.168. The number of nitrogens with zero attached hydrogens (tertiary/aromatic N) is 1. The highest BCUT2D eigenvalue weighted by Gasteiger charge is 2.22. The lowest BCUT2D eigenvalue weighted by Gasteiger charge is -2.10. The van der Waals surface area contributed by atoms with Gasteiger partial charge in [-0.2, -0.15) is 0 Å². The molecule has 12 aromatic rings. The van der Waals surface area contributed by atoms with Gasteiger partial charge in [0.05, 0.1) is 11.0 Å². The molecule has 0 radical (unpaired) electrons. The zero-order valence-electron chi connectivity index (χ0n) is 29.1. The standard InChI is InChI=1S/C51H29NS2/c1-2-8-35(9-3-1)52-44-19-16-30(24-42(44)43-26-33-18-21-49-51(41(33)28-45(43)52)37-11-5-7-13-47(37)54-49)29-14-15-31-22-34-27-40-32(25-39(34)38(31)23-29)17-20-48-50(40)36-10-4-6-12-46(36)53-48/h1-21,23-28H,22H2. The molecule has 0 saturated heterocycles. The summed E-state index contributed by atoms with van der Waals surface area (Å²) >= 11 is 3.78. The number of benzene rings is 9. The maximum absolute atomic E-state index is 2.48. The highest BCUT2D eigenvalue weighted by Crippen LogP contribution is 2.46. The predicted molar refractivity (Wildman–Crippen MR) is 235 cm³/mol. The first-order valence-corrected chi connectivity index (χ1v) is 20.2. The highest BCUT2D eigenvalue weighted by atomic mass is 32.1. The monoisotopic (exact) mass is 719 g/mol. The van der Waals surface area contributed by atoms with Gasteiger partial charge in [0, 0.05) is 56.8 Å². The topological polar surface area (TPSA) is 4.93 Å². The molecule has 9 aromatic carbocycles. The molecule has 0 fully saturated rings. The largest absolute Gasteiger partial charge is 0.309 e. The van der Waals surface area contributed by atoms with Crippen LogP contribution in [0.5, 0.6) is 0 Å². The first-order chi connectivity index (χ1) is 26.7. The molecule has 1 aliphatic carbocycles. The minimum Gasteiger partial charge on any atom is -0.309 e. The van der Waals surface area contributed by atoms with Crippen LogP contribution in [0.15, 0.2) is 164 Å². The number of fused-ring (bicyclic) bond motifs is 16. The molecule has 0 unspecified atom stereocenters. The average Bonchev–Trinajstić information content (AvgIpc) is 3.97. The van der Waals surface area contributed by atoms with Crippen molar-refractivity contribution < 1.29 is 0 Å². The SMILES string of the molecule is c1ccc(-n2c3ccc(-c4ccc5c(c4)-c4cc6ccc7sc8ccccc8c7c6cc4C5)cc3c3cc4ccc5sc6ccccc6c5c4cc32)cc1. The Kier molecular flexibility index (Phi) is 5.77. The van der Waals surface area contributed by atoms with Crippen LogP contribution >= 0.6 is 22.7 Å². The van der Waals surface area contributed by atoms with E-state index in [9.17, 15) is 0 Å². The van der Waals surface area contributed by atoms with E-state index in [2.05, 4.69) is 168 Å². The van der Waals surface area contributed by atoms with Crippen molar-refractivity contribution in [3.05, 3.63) is 175 Å². The molecule has 0 amide bonds. The van der Waals surface area contributed by atoms with Crippen molar-refractivity contribution in [2.45, 2.75) is 6.42 Å². The van der Waals surface area contributed by atoms with Gasteiger partial charge in [-0.3, -0.25) is 0 Å². The van der Waals surface area contributed by atoms with Crippen LogP contribution in [0.4, 0.5) is 0 Å². The fraction of sp³-hybridized carbons (Fsp3) is 0.0196. The number of aromatic nitrogens is 1. The molecule has 3 heteroatoms. The van der Waals surface area contributed by atoms with Gasteiger partial charge in [-0.25, -0.2) is 0 Å². The maximum atomic E-state index is 2.48. The molecule has 3 heterocycles. The zero-order chi connectivity index (χ0) is 35.1. The molecular weight excluding hydrogens is 691 g/mol. The number of thiophene rings is 2. The summed E-state index contributed by atoms with van der Waals surface area (Å²) in [5.41, 5.74) is 11.7. The van der Waals surface area contributed by atoms with Gasteiger partial charge in [0.2, 0.25) is 0 Å². The van der Waals surface area contributed by atoms with Gasteiger partial charge in [0.1, 0.15) is 0 Å². The summed E-state index contributed by atoms with van der Waals surface area (Å²) in [6, 6.07) is 61.8. The van der Waals surface area contributed by atoms with E-state index in [0.29, 0.717) is 0 Å². The average molecular weight is 720 g/mol. The summed E-state index contributed by atoms with van der Waals surface area (Å²) in [4.78, 5) is 0. The van der Waals surface area contributed by atoms with E-state index < -0.39 is 0 Å². The number of rotatable bonds is 2. The van der Waals surface area contributed by atoms with Crippen LogP contribution in [0.2, 0.25) is 0 Å². The molecule has 3 aromatic heterocycles. The van der Waals surface area contributed by atoms with Gasteiger partial charge in [-0.15, -0.1) is 22.7 Å². The summed E-state index contributed by atoms with van der Waals surface area (Å²) in [5, 5.41) is 13.3. The molecule has 0 N–H and O–H groups in total. The second-order valence-corrected chi connectivity index (χ2v) is 17.0. The van der Waals surface area contributed by atoms with E-state index in [1.165, 1.54) is 123 Å². The Morgan fingerprint density at radius 2 is 0.981 bits per heavy atom. The first kappa shape index (κ1) is 29.2. The van der Waals surface area contributed by atoms with E-state index in [1.54, 1.807) is 0 Å². The lowest BCUT2D eigenvalue weighted by molar-refractivity contribution is 1.18. The number of para-hydroxylation sites is 1. The van der Waals surface area contributed by atoms with Crippen LogP contribution in [-0.4, -0.2) is 4.57 Å². The van der Waals surface area contributed by atoms with Crippen molar-refractivity contribution in [2.75, 3.05) is 0 Å². The molecule has 0 atom stereocenters. The predicted octanol–water partition coefficient (Wildman–Crippen LogP) is 15.1. The minimum atomic E-state index is 0.975. The van der Waals surface area contributed by atoms with E-state index in [1.807, 2.05) is 22.7 Å². The van der Waals surface area contributed by atoms with Gasteiger partial charge in [0.15, 0.2) is 0 Å². The molecule has 1 nitrogen and oxygen atoms in total. The smallest absolute Gasteiger partial charge is 0.0547 e. The Hall–Kier alpha value is -6.26. The van der Waals surface area contributed by atoms with Crippen molar-refractivity contribution in [1.29, 1.82) is 0 Å². The van der Waals surface area contributed by atoms with Gasteiger partial charge >= 0.3 is 0 Å². The van der Waals surface area contributed by atoms with Crippen molar-refractivity contribution in [3.8, 4) is 27.9 Å². The van der Waals surface area contributed by atoms with Crippen LogP contribution in [-0.2, 0) is 6.42 Å². The van der Waals surface area contributed by atoms with Crippen molar-refractivity contribution >= 4 is 106 Å². The minimum absolute atomic E-state index is 0.975. The number of hydrogen-bond acceptors (Lipinski definition) is 2. The second-order valence-electron chi connectivity index (χ2n) is 14.8. The zero-order valence-corrected chi connectivity index (χ0v) is 30.7. The third kappa shape index (κ3) is 3.98. The van der Waals surface area contributed by atoms with Gasteiger partial charge in [-0.1, -0.05) is 84.9 Å². The lowest BCUT2D eigenvalue weighted by Crippen LogP contribution is -1.93. The molecule has 54 heavy (non-hydrogen) atoms. The molecule has 0 saturated carbocycles. The third-order valence-corrected chi connectivity index (χ3v) is 14.2. The van der Waals surface area contributed by atoms with Crippen LogP contribution < -0.4 is 0 Å². The third-order valence-electron chi connectivity index (χ3n) is 12.0. The van der Waals surface area contributed by atoms with E-state index >= 15 is 0 Å². The Morgan fingerprint density at radius 1 is 0.370 bits per heavy atom. The second kappa shape index (κ2) is 10.7. The molecule has 250 valence electrons. The lowest BCUT2D eigenvalue weighted by atomic mass is 9.95. The van der Waals surface area contributed by atoms with Gasteiger partial charge < -0.3 is 4.57 Å².